The molecule has 7 nitrogen and oxygen atoms in total. The molecule has 0 saturated carbocycles. The average Bonchev–Trinajstić information content (AvgIpc) is 3.06. The van der Waals surface area contributed by atoms with E-state index in [1.807, 2.05) is 31.2 Å². The van der Waals surface area contributed by atoms with E-state index < -0.39 is 9.84 Å². The van der Waals surface area contributed by atoms with E-state index >= 15 is 0 Å². The molecule has 3 rings (SSSR count). The molecule has 0 spiro atoms. The van der Waals surface area contributed by atoms with Crippen LogP contribution in [0, 0.1) is 6.92 Å². The summed E-state index contributed by atoms with van der Waals surface area (Å²) in [6.07, 6.45) is 2.48. The summed E-state index contributed by atoms with van der Waals surface area (Å²) >= 11 is 0. The minimum atomic E-state index is -2.91. The second-order valence-corrected chi connectivity index (χ2v) is 9.03. The quantitative estimate of drug-likeness (QED) is 0.827. The number of hydrogen-bond donors (Lipinski definition) is 1. The second kappa shape index (κ2) is 7.99. The highest BCUT2D eigenvalue weighted by Gasteiger charge is 2.24. The molecule has 0 aliphatic carbocycles. The van der Waals surface area contributed by atoms with Gasteiger partial charge in [-0.1, -0.05) is 35.0 Å². The third-order valence-corrected chi connectivity index (χ3v) is 6.21. The normalized spacial score (nSPS) is 17.1. The summed E-state index contributed by atoms with van der Waals surface area (Å²) in [5.41, 5.74) is 2.06. The number of sulfone groups is 1. The van der Waals surface area contributed by atoms with E-state index in [9.17, 15) is 13.2 Å². The number of aryl methyl sites for hydroxylation is 2. The molecule has 1 N–H and O–H groups in total. The van der Waals surface area contributed by atoms with Crippen LogP contribution in [0.2, 0.25) is 0 Å². The van der Waals surface area contributed by atoms with Gasteiger partial charge in [0.05, 0.1) is 11.5 Å². The lowest BCUT2D eigenvalue weighted by Gasteiger charge is -2.22. The topological polar surface area (TPSA) is 102 Å². The van der Waals surface area contributed by atoms with Crippen LogP contribution in [-0.4, -0.2) is 42.0 Å². The van der Waals surface area contributed by atoms with Gasteiger partial charge in [-0.05, 0) is 26.2 Å². The molecule has 2 heterocycles. The Labute approximate surface area is 153 Å². The number of hydrogen-bond acceptors (Lipinski definition) is 6. The maximum Gasteiger partial charge on any atom is 0.226 e. The summed E-state index contributed by atoms with van der Waals surface area (Å²) in [7, 11) is -2.91. The molecule has 8 heteroatoms. The molecule has 2 aromatic rings. The van der Waals surface area contributed by atoms with E-state index in [4.69, 9.17) is 4.52 Å². The zero-order chi connectivity index (χ0) is 18.6. The summed E-state index contributed by atoms with van der Waals surface area (Å²) in [5.74, 6) is 1.31. The third kappa shape index (κ3) is 5.14. The third-order valence-electron chi connectivity index (χ3n) is 4.49. The molecule has 1 aromatic carbocycles. The first kappa shape index (κ1) is 18.6. The van der Waals surface area contributed by atoms with Gasteiger partial charge in [-0.25, -0.2) is 8.42 Å². The van der Waals surface area contributed by atoms with Crippen molar-refractivity contribution in [1.82, 2.24) is 15.5 Å². The molecule has 1 aliphatic heterocycles. The molecular weight excluding hydrogens is 354 g/mol. The molecule has 1 amide bonds. The highest BCUT2D eigenvalue weighted by atomic mass is 32.2. The summed E-state index contributed by atoms with van der Waals surface area (Å²) < 4.78 is 28.0. The van der Waals surface area contributed by atoms with Crippen LogP contribution in [-0.2, 0) is 21.1 Å². The Bertz CT molecular complexity index is 845. The number of nitrogens with zero attached hydrogens (tertiary/aromatic N) is 2. The van der Waals surface area contributed by atoms with E-state index in [2.05, 4.69) is 15.5 Å². The first-order chi connectivity index (χ1) is 12.4. The summed E-state index contributed by atoms with van der Waals surface area (Å²) in [5, 5.41) is 6.89. The van der Waals surface area contributed by atoms with Crippen molar-refractivity contribution in [2.75, 3.05) is 11.5 Å². The Kier molecular flexibility index (Phi) is 5.70. The fourth-order valence-corrected chi connectivity index (χ4v) is 4.40. The number of aromatic nitrogens is 2. The monoisotopic (exact) mass is 377 g/mol. The van der Waals surface area contributed by atoms with E-state index in [1.54, 1.807) is 0 Å². The average molecular weight is 377 g/mol. The van der Waals surface area contributed by atoms with Crippen molar-refractivity contribution < 1.29 is 17.7 Å². The molecule has 1 fully saturated rings. The lowest BCUT2D eigenvalue weighted by atomic mass is 10.1. The fraction of sp³-hybridized carbons (Fsp3) is 0.500. The lowest BCUT2D eigenvalue weighted by Crippen LogP contribution is -2.40. The zero-order valence-electron chi connectivity index (χ0n) is 14.8. The van der Waals surface area contributed by atoms with Crippen molar-refractivity contribution in [3.63, 3.8) is 0 Å². The van der Waals surface area contributed by atoms with E-state index in [0.717, 1.165) is 5.56 Å². The van der Waals surface area contributed by atoms with Gasteiger partial charge in [0.1, 0.15) is 9.84 Å². The first-order valence-corrected chi connectivity index (χ1v) is 10.6. The van der Waals surface area contributed by atoms with Crippen molar-refractivity contribution in [2.45, 2.75) is 45.1 Å². The van der Waals surface area contributed by atoms with Gasteiger partial charge < -0.3 is 9.84 Å². The van der Waals surface area contributed by atoms with Crippen molar-refractivity contribution in [3.8, 4) is 11.4 Å². The van der Waals surface area contributed by atoms with Gasteiger partial charge in [0, 0.05) is 24.4 Å². The van der Waals surface area contributed by atoms with Crippen molar-refractivity contribution in [3.05, 3.63) is 35.7 Å². The highest BCUT2D eigenvalue weighted by molar-refractivity contribution is 7.91. The van der Waals surface area contributed by atoms with Crippen molar-refractivity contribution in [1.29, 1.82) is 0 Å². The van der Waals surface area contributed by atoms with E-state index in [1.165, 1.54) is 5.56 Å². The van der Waals surface area contributed by atoms with Crippen LogP contribution in [0.3, 0.4) is 0 Å². The van der Waals surface area contributed by atoms with Gasteiger partial charge in [0.15, 0.2) is 0 Å². The Hall–Kier alpha value is -2.22. The van der Waals surface area contributed by atoms with Gasteiger partial charge in [-0.15, -0.1) is 0 Å². The standard InChI is InChI=1S/C18H23N3O4S/c1-13-5-7-14(8-6-13)18-20-17(25-21-18)4-2-3-16(22)19-15-9-11-26(23,24)12-10-15/h5-8,15H,2-4,9-12H2,1H3,(H,19,22). The number of carbonyl (C=O) groups is 1. The zero-order valence-corrected chi connectivity index (χ0v) is 15.6. The van der Waals surface area contributed by atoms with Gasteiger partial charge in [0.25, 0.3) is 0 Å². The molecule has 0 radical (unpaired) electrons. The smallest absolute Gasteiger partial charge is 0.226 e. The van der Waals surface area contributed by atoms with Crippen LogP contribution in [0.15, 0.2) is 28.8 Å². The number of amides is 1. The minimum absolute atomic E-state index is 0.0393. The Morgan fingerprint density at radius 1 is 1.23 bits per heavy atom. The Balaban J connectivity index is 1.42. The molecular formula is C18H23N3O4S. The molecule has 140 valence electrons. The van der Waals surface area contributed by atoms with Gasteiger partial charge in [0.2, 0.25) is 17.6 Å². The van der Waals surface area contributed by atoms with Crippen LogP contribution in [0.5, 0.6) is 0 Å². The van der Waals surface area contributed by atoms with Crippen LogP contribution in [0.25, 0.3) is 11.4 Å². The van der Waals surface area contributed by atoms with Crippen LogP contribution < -0.4 is 5.32 Å². The molecule has 1 aliphatic rings. The number of carbonyl (C=O) groups excluding carboxylic acids is 1. The lowest BCUT2D eigenvalue weighted by molar-refractivity contribution is -0.121. The molecule has 1 aromatic heterocycles. The Morgan fingerprint density at radius 2 is 1.92 bits per heavy atom. The Morgan fingerprint density at radius 3 is 2.62 bits per heavy atom. The minimum Gasteiger partial charge on any atom is -0.353 e. The van der Waals surface area contributed by atoms with Crippen LogP contribution in [0.1, 0.15) is 37.1 Å². The summed E-state index contributed by atoms with van der Waals surface area (Å²) in [6.45, 7) is 2.02. The molecule has 1 saturated heterocycles. The van der Waals surface area contributed by atoms with E-state index in [0.29, 0.717) is 43.8 Å². The van der Waals surface area contributed by atoms with Gasteiger partial charge in [-0.3, -0.25) is 4.79 Å². The van der Waals surface area contributed by atoms with Crippen molar-refractivity contribution >= 4 is 15.7 Å². The highest BCUT2D eigenvalue weighted by Crippen LogP contribution is 2.17. The SMILES string of the molecule is Cc1ccc(-c2noc(CCCC(=O)NC3CCS(=O)(=O)CC3)n2)cc1. The largest absolute Gasteiger partial charge is 0.353 e. The fourth-order valence-electron chi connectivity index (χ4n) is 2.91. The van der Waals surface area contributed by atoms with Crippen LogP contribution >= 0.6 is 0 Å². The molecule has 26 heavy (non-hydrogen) atoms. The number of rotatable bonds is 6. The predicted octanol–water partition coefficient (Wildman–Crippen LogP) is 2.06. The number of nitrogens with one attached hydrogen (secondary N) is 1. The number of benzene rings is 1. The maximum atomic E-state index is 12.0. The maximum absolute atomic E-state index is 12.0. The molecule has 0 bridgehead atoms. The molecule has 0 atom stereocenters. The molecule has 0 unspecified atom stereocenters. The first-order valence-electron chi connectivity index (χ1n) is 8.81. The van der Waals surface area contributed by atoms with Crippen LogP contribution in [0.4, 0.5) is 0 Å². The van der Waals surface area contributed by atoms with Gasteiger partial charge >= 0.3 is 0 Å². The predicted molar refractivity (Wildman–Crippen MR) is 97.2 cm³/mol. The van der Waals surface area contributed by atoms with E-state index in [-0.39, 0.29) is 23.5 Å². The second-order valence-electron chi connectivity index (χ2n) is 6.72. The summed E-state index contributed by atoms with van der Waals surface area (Å²) in [6, 6.07) is 7.84. The van der Waals surface area contributed by atoms with Crippen molar-refractivity contribution in [2.24, 2.45) is 0 Å². The van der Waals surface area contributed by atoms with Gasteiger partial charge in [-0.2, -0.15) is 4.98 Å². The summed E-state index contributed by atoms with van der Waals surface area (Å²) in [4.78, 5) is 16.4.